The van der Waals surface area contributed by atoms with Crippen LogP contribution < -0.4 is 0 Å². The lowest BCUT2D eigenvalue weighted by Crippen LogP contribution is -2.00. The van der Waals surface area contributed by atoms with Crippen molar-refractivity contribution in [2.45, 2.75) is 52.2 Å². The average molecular weight is 192 g/mol. The van der Waals surface area contributed by atoms with Gasteiger partial charge in [0.2, 0.25) is 0 Å². The van der Waals surface area contributed by atoms with E-state index in [9.17, 15) is 0 Å². The Bertz CT molecular complexity index is 244. The van der Waals surface area contributed by atoms with E-state index >= 15 is 0 Å². The third-order valence-electron chi connectivity index (χ3n) is 2.57. The molecule has 0 aromatic rings. The Morgan fingerprint density at radius 1 is 1.57 bits per heavy atom. The van der Waals surface area contributed by atoms with Gasteiger partial charge in [0.1, 0.15) is 6.10 Å². The Kier molecular flexibility index (Phi) is 4.22. The normalized spacial score (nSPS) is 26.4. The number of rotatable bonds is 5. The number of terminal acetylenes is 1. The summed E-state index contributed by atoms with van der Waals surface area (Å²) in [6.45, 7) is 6.54. The van der Waals surface area contributed by atoms with E-state index < -0.39 is 0 Å². The van der Waals surface area contributed by atoms with Crippen LogP contribution in [0.15, 0.2) is 11.6 Å². The third-order valence-corrected chi connectivity index (χ3v) is 2.57. The van der Waals surface area contributed by atoms with Crippen molar-refractivity contribution >= 4 is 0 Å². The molecule has 0 saturated carbocycles. The van der Waals surface area contributed by atoms with Gasteiger partial charge < -0.3 is 4.74 Å². The minimum atomic E-state index is 0.290. The maximum atomic E-state index is 5.52. The predicted molar refractivity (Wildman–Crippen MR) is 59.9 cm³/mol. The summed E-state index contributed by atoms with van der Waals surface area (Å²) in [7, 11) is 0. The highest BCUT2D eigenvalue weighted by Crippen LogP contribution is 2.31. The van der Waals surface area contributed by atoms with E-state index in [0.29, 0.717) is 12.0 Å². The first-order chi connectivity index (χ1) is 6.69. The first-order valence-corrected chi connectivity index (χ1v) is 5.51. The van der Waals surface area contributed by atoms with Crippen LogP contribution in [0, 0.1) is 18.3 Å². The monoisotopic (exact) mass is 192 g/mol. The van der Waals surface area contributed by atoms with Crippen molar-refractivity contribution in [2.75, 3.05) is 0 Å². The fourth-order valence-corrected chi connectivity index (χ4v) is 1.58. The van der Waals surface area contributed by atoms with Crippen LogP contribution in [0.1, 0.15) is 40.0 Å². The molecule has 2 atom stereocenters. The van der Waals surface area contributed by atoms with Crippen molar-refractivity contribution in [3.63, 3.8) is 0 Å². The SMILES string of the molecule is C#C/C(=C\[C@@H]1O[C@H]1C(C)C)CCCC. The van der Waals surface area contributed by atoms with Crippen molar-refractivity contribution in [3.05, 3.63) is 11.6 Å². The Balaban J connectivity index is 2.39. The standard InChI is InChI=1S/C13H20O/c1-5-7-8-11(6-2)9-12-13(14-12)10(3)4/h2,9-10,12-13H,5,7-8H2,1,3-4H3/b11-9+/t12-,13-/m0/s1. The van der Waals surface area contributed by atoms with Gasteiger partial charge in [-0.25, -0.2) is 0 Å². The van der Waals surface area contributed by atoms with Gasteiger partial charge in [0.25, 0.3) is 0 Å². The van der Waals surface area contributed by atoms with Gasteiger partial charge in [0.15, 0.2) is 0 Å². The van der Waals surface area contributed by atoms with Gasteiger partial charge in [-0.15, -0.1) is 6.42 Å². The Morgan fingerprint density at radius 3 is 2.71 bits per heavy atom. The van der Waals surface area contributed by atoms with Crippen molar-refractivity contribution in [1.82, 2.24) is 0 Å². The molecule has 0 aromatic carbocycles. The second kappa shape index (κ2) is 5.22. The average Bonchev–Trinajstić information content (AvgIpc) is 2.91. The van der Waals surface area contributed by atoms with Gasteiger partial charge in [0.05, 0.1) is 6.10 Å². The van der Waals surface area contributed by atoms with Gasteiger partial charge in [-0.1, -0.05) is 33.1 Å². The number of unbranched alkanes of at least 4 members (excludes halogenated alkanes) is 1. The van der Waals surface area contributed by atoms with Crippen molar-refractivity contribution in [2.24, 2.45) is 5.92 Å². The van der Waals surface area contributed by atoms with Crippen LogP contribution in [-0.2, 0) is 4.74 Å². The molecule has 1 aliphatic heterocycles. The minimum Gasteiger partial charge on any atom is -0.365 e. The molecule has 1 heteroatoms. The summed E-state index contributed by atoms with van der Waals surface area (Å²) >= 11 is 0. The molecule has 78 valence electrons. The molecule has 14 heavy (non-hydrogen) atoms. The van der Waals surface area contributed by atoms with Crippen LogP contribution in [0.3, 0.4) is 0 Å². The Labute approximate surface area is 87.5 Å². The number of epoxide rings is 1. The molecular formula is C13H20O. The van der Waals surface area contributed by atoms with Gasteiger partial charge in [-0.05, 0) is 24.8 Å². The van der Waals surface area contributed by atoms with Gasteiger partial charge >= 0.3 is 0 Å². The largest absolute Gasteiger partial charge is 0.365 e. The number of allylic oxidation sites excluding steroid dienone is 1. The molecule has 0 bridgehead atoms. The molecule has 0 N–H and O–H groups in total. The summed E-state index contributed by atoms with van der Waals surface area (Å²) in [6, 6.07) is 0. The summed E-state index contributed by atoms with van der Waals surface area (Å²) in [5.74, 6) is 3.35. The van der Waals surface area contributed by atoms with Crippen LogP contribution in [0.4, 0.5) is 0 Å². The van der Waals surface area contributed by atoms with E-state index in [-0.39, 0.29) is 6.10 Å². The van der Waals surface area contributed by atoms with Crippen LogP contribution >= 0.6 is 0 Å². The smallest absolute Gasteiger partial charge is 0.104 e. The van der Waals surface area contributed by atoms with Crippen molar-refractivity contribution in [3.8, 4) is 12.3 Å². The summed E-state index contributed by atoms with van der Waals surface area (Å²) in [5.41, 5.74) is 1.11. The molecule has 1 nitrogen and oxygen atoms in total. The Morgan fingerprint density at radius 2 is 2.29 bits per heavy atom. The first kappa shape index (κ1) is 11.3. The van der Waals surface area contributed by atoms with Gasteiger partial charge in [-0.3, -0.25) is 0 Å². The minimum absolute atomic E-state index is 0.290. The lowest BCUT2D eigenvalue weighted by atomic mass is 10.0. The predicted octanol–water partition coefficient (Wildman–Crippen LogP) is 3.16. The second-order valence-corrected chi connectivity index (χ2v) is 4.25. The second-order valence-electron chi connectivity index (χ2n) is 4.25. The zero-order chi connectivity index (χ0) is 10.6. The molecule has 0 aromatic heterocycles. The summed E-state index contributed by atoms with van der Waals surface area (Å²) < 4.78 is 5.52. The van der Waals surface area contributed by atoms with Gasteiger partial charge in [-0.2, -0.15) is 0 Å². The first-order valence-electron chi connectivity index (χ1n) is 5.51. The fourth-order valence-electron chi connectivity index (χ4n) is 1.58. The molecule has 1 rings (SSSR count). The number of hydrogen-bond acceptors (Lipinski definition) is 1. The topological polar surface area (TPSA) is 12.5 Å². The number of ether oxygens (including phenoxy) is 1. The van der Waals surface area contributed by atoms with E-state index in [2.05, 4.69) is 32.8 Å². The molecule has 0 radical (unpaired) electrons. The summed E-state index contributed by atoms with van der Waals surface area (Å²) in [6.07, 6.45) is 11.6. The van der Waals surface area contributed by atoms with Crippen molar-refractivity contribution < 1.29 is 4.74 Å². The van der Waals surface area contributed by atoms with E-state index in [4.69, 9.17) is 11.2 Å². The molecule has 1 heterocycles. The maximum absolute atomic E-state index is 5.52. The fraction of sp³-hybridized carbons (Fsp3) is 0.692. The quantitative estimate of drug-likeness (QED) is 0.481. The zero-order valence-electron chi connectivity index (χ0n) is 9.42. The highest BCUT2D eigenvalue weighted by Gasteiger charge is 2.39. The molecule has 1 aliphatic rings. The Hall–Kier alpha value is -0.740. The summed E-state index contributed by atoms with van der Waals surface area (Å²) in [4.78, 5) is 0. The van der Waals surface area contributed by atoms with E-state index in [1.807, 2.05) is 0 Å². The van der Waals surface area contributed by atoms with E-state index in [0.717, 1.165) is 12.0 Å². The van der Waals surface area contributed by atoms with Crippen molar-refractivity contribution in [1.29, 1.82) is 0 Å². The van der Waals surface area contributed by atoms with Gasteiger partial charge in [0, 0.05) is 5.57 Å². The lowest BCUT2D eigenvalue weighted by molar-refractivity contribution is 0.345. The molecule has 0 amide bonds. The summed E-state index contributed by atoms with van der Waals surface area (Å²) in [5, 5.41) is 0. The zero-order valence-corrected chi connectivity index (χ0v) is 9.42. The number of hydrogen-bond donors (Lipinski definition) is 0. The van der Waals surface area contributed by atoms with Crippen LogP contribution in [0.2, 0.25) is 0 Å². The van der Waals surface area contributed by atoms with Crippen LogP contribution in [0.5, 0.6) is 0 Å². The van der Waals surface area contributed by atoms with Crippen LogP contribution in [-0.4, -0.2) is 12.2 Å². The molecule has 0 spiro atoms. The third kappa shape index (κ3) is 3.20. The lowest BCUT2D eigenvalue weighted by Gasteiger charge is -1.97. The highest BCUT2D eigenvalue weighted by molar-refractivity contribution is 5.28. The maximum Gasteiger partial charge on any atom is 0.104 e. The molecule has 0 unspecified atom stereocenters. The van der Waals surface area contributed by atoms with E-state index in [1.54, 1.807) is 0 Å². The van der Waals surface area contributed by atoms with Crippen LogP contribution in [0.25, 0.3) is 0 Å². The van der Waals surface area contributed by atoms with E-state index in [1.165, 1.54) is 12.8 Å². The highest BCUT2D eigenvalue weighted by atomic mass is 16.6. The molecule has 0 aliphatic carbocycles. The molecule has 1 fully saturated rings. The molecule has 1 saturated heterocycles. The molecular weight excluding hydrogens is 172 g/mol.